The Morgan fingerprint density at radius 3 is 2.78 bits per heavy atom. The lowest BCUT2D eigenvalue weighted by atomic mass is 10.1. The number of carbonyl (C=O) groups excluding carboxylic acids is 1. The van der Waals surface area contributed by atoms with Crippen molar-refractivity contribution in [2.75, 3.05) is 50.1 Å². The molecule has 4 aromatic rings. The van der Waals surface area contributed by atoms with Gasteiger partial charge in [0.15, 0.2) is 11.6 Å². The Bertz CT molecular complexity index is 1430. The summed E-state index contributed by atoms with van der Waals surface area (Å²) in [6.07, 6.45) is 1.24. The number of rotatable bonds is 7. The quantitative estimate of drug-likeness (QED) is 0.225. The van der Waals surface area contributed by atoms with Gasteiger partial charge in [-0.05, 0) is 29.8 Å². The molecule has 3 heterocycles. The lowest BCUT2D eigenvalue weighted by Gasteiger charge is -2.28. The summed E-state index contributed by atoms with van der Waals surface area (Å²) in [5.41, 5.74) is 10.1. The van der Waals surface area contributed by atoms with Gasteiger partial charge in [0.2, 0.25) is 0 Å². The standard InChI is InChI=1S/C26H26N6O3S/c27-15-19-18(5-2-6-20(19)28)24-30-21-14-22(16-3-1-4-17(13-16)26(34)29-7-10-33)36-23(21)25(31-24)32-8-11-35-12-9-32/h1-6,13-15,27,33H,7-12,28H2,(H,29,34). The van der Waals surface area contributed by atoms with Gasteiger partial charge >= 0.3 is 0 Å². The van der Waals surface area contributed by atoms with Gasteiger partial charge in [-0.2, -0.15) is 0 Å². The summed E-state index contributed by atoms with van der Waals surface area (Å²) in [6, 6.07) is 14.9. The molecule has 1 fully saturated rings. The molecule has 0 unspecified atom stereocenters. The van der Waals surface area contributed by atoms with Crippen molar-refractivity contribution in [2.24, 2.45) is 0 Å². The number of aromatic nitrogens is 2. The van der Waals surface area contributed by atoms with E-state index in [0.29, 0.717) is 54.5 Å². The third-order valence-corrected chi connectivity index (χ3v) is 7.17. The van der Waals surface area contributed by atoms with Gasteiger partial charge in [0.25, 0.3) is 5.91 Å². The number of thiophene rings is 1. The summed E-state index contributed by atoms with van der Waals surface area (Å²) in [6.45, 7) is 2.76. The predicted octanol–water partition coefficient (Wildman–Crippen LogP) is 3.16. The predicted molar refractivity (Wildman–Crippen MR) is 143 cm³/mol. The molecule has 36 heavy (non-hydrogen) atoms. The van der Waals surface area contributed by atoms with Crippen molar-refractivity contribution in [2.45, 2.75) is 0 Å². The highest BCUT2D eigenvalue weighted by molar-refractivity contribution is 7.22. The molecule has 0 radical (unpaired) electrons. The van der Waals surface area contributed by atoms with E-state index in [1.165, 1.54) is 6.21 Å². The monoisotopic (exact) mass is 502 g/mol. The first-order chi connectivity index (χ1) is 17.6. The molecular formula is C26H26N6O3S. The number of nitrogens with two attached hydrogens (primary N) is 1. The number of hydrogen-bond acceptors (Lipinski definition) is 9. The summed E-state index contributed by atoms with van der Waals surface area (Å²) < 4.78 is 6.51. The Morgan fingerprint density at radius 2 is 2.00 bits per heavy atom. The van der Waals surface area contributed by atoms with Gasteiger partial charge in [0.1, 0.15) is 0 Å². The average Bonchev–Trinajstić information content (AvgIpc) is 3.36. The van der Waals surface area contributed by atoms with Crippen molar-refractivity contribution in [3.05, 3.63) is 59.7 Å². The van der Waals surface area contributed by atoms with Gasteiger partial charge in [0, 0.05) is 53.1 Å². The number of benzene rings is 2. The maximum atomic E-state index is 12.4. The van der Waals surface area contributed by atoms with Crippen molar-refractivity contribution < 1.29 is 14.6 Å². The van der Waals surface area contributed by atoms with Crippen molar-refractivity contribution in [1.29, 1.82) is 5.41 Å². The molecule has 0 spiro atoms. The molecule has 5 N–H and O–H groups in total. The van der Waals surface area contributed by atoms with Crippen LogP contribution < -0.4 is 16.0 Å². The minimum atomic E-state index is -0.232. The average molecular weight is 503 g/mol. The van der Waals surface area contributed by atoms with Crippen LogP contribution in [0.5, 0.6) is 0 Å². The molecule has 1 amide bonds. The summed E-state index contributed by atoms with van der Waals surface area (Å²) in [4.78, 5) is 25.4. The van der Waals surface area contributed by atoms with Crippen molar-refractivity contribution in [3.8, 4) is 21.8 Å². The normalized spacial score (nSPS) is 13.6. The van der Waals surface area contributed by atoms with Crippen LogP contribution in [-0.4, -0.2) is 66.7 Å². The molecule has 184 valence electrons. The number of aliphatic hydroxyl groups is 1. The largest absolute Gasteiger partial charge is 0.398 e. The first kappa shape index (κ1) is 23.9. The number of fused-ring (bicyclic) bond motifs is 1. The van der Waals surface area contributed by atoms with Crippen LogP contribution in [-0.2, 0) is 4.74 Å². The van der Waals surface area contributed by atoms with E-state index >= 15 is 0 Å². The third kappa shape index (κ3) is 4.66. The fourth-order valence-electron chi connectivity index (χ4n) is 4.19. The van der Waals surface area contributed by atoms with Gasteiger partial charge in [-0.3, -0.25) is 4.79 Å². The minimum absolute atomic E-state index is 0.111. The van der Waals surface area contributed by atoms with Crippen molar-refractivity contribution >= 4 is 45.2 Å². The Morgan fingerprint density at radius 1 is 1.19 bits per heavy atom. The second-order valence-electron chi connectivity index (χ2n) is 8.31. The number of aliphatic hydroxyl groups excluding tert-OH is 1. The smallest absolute Gasteiger partial charge is 0.251 e. The number of nitrogens with one attached hydrogen (secondary N) is 2. The van der Waals surface area contributed by atoms with E-state index in [2.05, 4.69) is 10.2 Å². The molecule has 0 aliphatic carbocycles. The van der Waals surface area contributed by atoms with Gasteiger partial charge in [-0.15, -0.1) is 11.3 Å². The third-order valence-electron chi connectivity index (χ3n) is 6.00. The van der Waals surface area contributed by atoms with Gasteiger partial charge < -0.3 is 31.2 Å². The molecule has 5 rings (SSSR count). The number of hydrogen-bond donors (Lipinski definition) is 4. The summed E-state index contributed by atoms with van der Waals surface area (Å²) in [5, 5.41) is 19.6. The van der Waals surface area contributed by atoms with Crippen LogP contribution in [0.1, 0.15) is 15.9 Å². The van der Waals surface area contributed by atoms with E-state index < -0.39 is 0 Å². The minimum Gasteiger partial charge on any atom is -0.398 e. The number of amides is 1. The van der Waals surface area contributed by atoms with Gasteiger partial charge in [-0.25, -0.2) is 9.97 Å². The maximum Gasteiger partial charge on any atom is 0.251 e. The second-order valence-corrected chi connectivity index (χ2v) is 9.36. The fourth-order valence-corrected chi connectivity index (χ4v) is 5.30. The number of carbonyl (C=O) groups is 1. The molecule has 10 heteroatoms. The van der Waals surface area contributed by atoms with E-state index in [0.717, 1.165) is 26.5 Å². The summed E-state index contributed by atoms with van der Waals surface area (Å²) in [7, 11) is 0. The van der Waals surface area contributed by atoms with Crippen LogP contribution in [0.25, 0.3) is 32.0 Å². The molecule has 0 saturated carbocycles. The van der Waals surface area contributed by atoms with Gasteiger partial charge in [0.05, 0.1) is 30.0 Å². The van der Waals surface area contributed by atoms with E-state index in [4.69, 9.17) is 31.0 Å². The Balaban J connectivity index is 1.63. The van der Waals surface area contributed by atoms with Crippen molar-refractivity contribution in [1.82, 2.24) is 15.3 Å². The number of nitrogen functional groups attached to an aromatic ring is 1. The van der Waals surface area contributed by atoms with Crippen LogP contribution in [0.15, 0.2) is 48.5 Å². The van der Waals surface area contributed by atoms with E-state index in [1.54, 1.807) is 23.5 Å². The highest BCUT2D eigenvalue weighted by Gasteiger charge is 2.22. The molecule has 0 atom stereocenters. The highest BCUT2D eigenvalue weighted by atomic mass is 32.1. The van der Waals surface area contributed by atoms with Crippen LogP contribution in [0.3, 0.4) is 0 Å². The number of morpholine rings is 1. The van der Waals surface area contributed by atoms with Crippen LogP contribution in [0.2, 0.25) is 0 Å². The Hall–Kier alpha value is -3.86. The fraction of sp³-hybridized carbons (Fsp3) is 0.231. The molecular weight excluding hydrogens is 476 g/mol. The van der Waals surface area contributed by atoms with E-state index in [1.807, 2.05) is 36.4 Å². The molecule has 0 bridgehead atoms. The SMILES string of the molecule is N=Cc1c(N)cccc1-c1nc(N2CCOCC2)c2sc(-c3cccc(C(=O)NCCO)c3)cc2n1. The van der Waals surface area contributed by atoms with Crippen LogP contribution in [0, 0.1) is 5.41 Å². The zero-order valence-electron chi connectivity index (χ0n) is 19.5. The van der Waals surface area contributed by atoms with Crippen LogP contribution in [0.4, 0.5) is 11.5 Å². The highest BCUT2D eigenvalue weighted by Crippen LogP contribution is 2.39. The molecule has 1 aliphatic rings. The number of nitrogens with zero attached hydrogens (tertiary/aromatic N) is 3. The number of anilines is 2. The van der Waals surface area contributed by atoms with Crippen LogP contribution >= 0.6 is 11.3 Å². The van der Waals surface area contributed by atoms with Crippen molar-refractivity contribution in [3.63, 3.8) is 0 Å². The number of ether oxygens (including phenoxy) is 1. The molecule has 2 aromatic carbocycles. The zero-order valence-corrected chi connectivity index (χ0v) is 20.3. The van der Waals surface area contributed by atoms with E-state index in [9.17, 15) is 4.79 Å². The first-order valence-corrected chi connectivity index (χ1v) is 12.4. The zero-order chi connectivity index (χ0) is 25.1. The van der Waals surface area contributed by atoms with Gasteiger partial charge in [-0.1, -0.05) is 24.3 Å². The Labute approximate surface area is 212 Å². The van der Waals surface area contributed by atoms with E-state index in [-0.39, 0.29) is 19.1 Å². The second kappa shape index (κ2) is 10.4. The molecule has 2 aromatic heterocycles. The Kier molecular flexibility index (Phi) is 6.90. The molecule has 1 saturated heterocycles. The lowest BCUT2D eigenvalue weighted by Crippen LogP contribution is -2.36. The first-order valence-electron chi connectivity index (χ1n) is 11.6. The molecule has 1 aliphatic heterocycles. The summed E-state index contributed by atoms with van der Waals surface area (Å²) in [5.74, 6) is 1.10. The topological polar surface area (TPSA) is 137 Å². The summed E-state index contributed by atoms with van der Waals surface area (Å²) >= 11 is 1.58. The molecule has 9 nitrogen and oxygen atoms in total. The lowest BCUT2D eigenvalue weighted by molar-refractivity contribution is 0.0945. The maximum absolute atomic E-state index is 12.4.